The largest absolute Gasteiger partial charge is 0.370 e. The van der Waals surface area contributed by atoms with E-state index in [1.54, 1.807) is 11.3 Å². The van der Waals surface area contributed by atoms with Crippen LogP contribution < -0.4 is 15.5 Å². The predicted molar refractivity (Wildman–Crippen MR) is 91.2 cm³/mol. The molecular weight excluding hydrogens is 270 g/mol. The lowest BCUT2D eigenvalue weighted by Crippen LogP contribution is -2.35. The Bertz CT molecular complexity index is 710. The summed E-state index contributed by atoms with van der Waals surface area (Å²) in [5, 5.41) is 7.18. The van der Waals surface area contributed by atoms with E-state index in [-0.39, 0.29) is 0 Å². The number of fused-ring (bicyclic) bond motifs is 2. The van der Waals surface area contributed by atoms with Gasteiger partial charge in [0.05, 0.1) is 0 Å². The zero-order chi connectivity index (χ0) is 14.5. The zero-order valence-corrected chi connectivity index (χ0v) is 12.7. The van der Waals surface area contributed by atoms with Crippen LogP contribution in [-0.4, -0.2) is 26.2 Å². The number of anilines is 3. The van der Waals surface area contributed by atoms with Gasteiger partial charge in [-0.15, -0.1) is 0 Å². The zero-order valence-electron chi connectivity index (χ0n) is 12.7. The molecule has 22 heavy (non-hydrogen) atoms. The van der Waals surface area contributed by atoms with Crippen molar-refractivity contribution in [3.05, 3.63) is 53.6 Å². The maximum Gasteiger partial charge on any atom is 0.0437 e. The molecule has 0 amide bonds. The number of nitrogens with one attached hydrogen (secondary N) is 2. The standard InChI is InChI=1S/C19H21N3/c1-2-4-15(5-3-1)21-16-8-13-6-7-22-12-14-10-20-11-18(14)17(9-16)19(13)22/h1-5,8-9,14,18,20-21H,6-7,10-12H2/t14-,18-/m1/s1. The lowest BCUT2D eigenvalue weighted by Gasteiger charge is -2.35. The van der Waals surface area contributed by atoms with Gasteiger partial charge in [-0.3, -0.25) is 0 Å². The molecule has 0 bridgehead atoms. The van der Waals surface area contributed by atoms with Gasteiger partial charge < -0.3 is 15.5 Å². The molecule has 2 N–H and O–H groups in total. The molecule has 3 heteroatoms. The fraction of sp³-hybridized carbons (Fsp3) is 0.368. The second kappa shape index (κ2) is 4.75. The van der Waals surface area contributed by atoms with Crippen molar-refractivity contribution in [2.75, 3.05) is 36.4 Å². The maximum absolute atomic E-state index is 3.59. The number of rotatable bonds is 2. The molecule has 112 valence electrons. The summed E-state index contributed by atoms with van der Waals surface area (Å²) >= 11 is 0. The van der Waals surface area contributed by atoms with E-state index < -0.39 is 0 Å². The van der Waals surface area contributed by atoms with Gasteiger partial charge in [-0.25, -0.2) is 0 Å². The number of para-hydroxylation sites is 1. The topological polar surface area (TPSA) is 27.3 Å². The molecule has 0 saturated carbocycles. The number of benzene rings is 2. The van der Waals surface area contributed by atoms with Crippen LogP contribution in [0.4, 0.5) is 17.1 Å². The van der Waals surface area contributed by atoms with Gasteiger partial charge in [-0.1, -0.05) is 18.2 Å². The number of nitrogens with zero attached hydrogens (tertiary/aromatic N) is 1. The quantitative estimate of drug-likeness (QED) is 0.890. The molecule has 3 nitrogen and oxygen atoms in total. The van der Waals surface area contributed by atoms with Crippen LogP contribution in [0.2, 0.25) is 0 Å². The SMILES string of the molecule is c1ccc(Nc2cc3c4c(c2)[C@@H]2CNC[C@@H]2CN4CC3)cc1. The second-order valence-electron chi connectivity index (χ2n) is 6.79. The van der Waals surface area contributed by atoms with Gasteiger partial charge in [0.25, 0.3) is 0 Å². The van der Waals surface area contributed by atoms with Gasteiger partial charge in [0, 0.05) is 49.2 Å². The monoisotopic (exact) mass is 291 g/mol. The van der Waals surface area contributed by atoms with Crippen LogP contribution in [0.25, 0.3) is 0 Å². The summed E-state index contributed by atoms with van der Waals surface area (Å²) in [6, 6.07) is 15.2. The Balaban J connectivity index is 1.58. The summed E-state index contributed by atoms with van der Waals surface area (Å²) < 4.78 is 0. The van der Waals surface area contributed by atoms with Crippen molar-refractivity contribution in [3.8, 4) is 0 Å². The first-order valence-corrected chi connectivity index (χ1v) is 8.33. The maximum atomic E-state index is 3.59. The van der Waals surface area contributed by atoms with Gasteiger partial charge in [0.1, 0.15) is 0 Å². The van der Waals surface area contributed by atoms with Crippen LogP contribution in [-0.2, 0) is 6.42 Å². The molecule has 1 fully saturated rings. The van der Waals surface area contributed by atoms with Crippen molar-refractivity contribution < 1.29 is 0 Å². The summed E-state index contributed by atoms with van der Waals surface area (Å²) in [5.41, 5.74) is 7.05. The molecular formula is C19H21N3. The van der Waals surface area contributed by atoms with Crippen molar-refractivity contribution in [2.24, 2.45) is 5.92 Å². The minimum atomic E-state index is 0.695. The predicted octanol–water partition coefficient (Wildman–Crippen LogP) is 3.11. The van der Waals surface area contributed by atoms with Crippen LogP contribution in [0, 0.1) is 5.92 Å². The van der Waals surface area contributed by atoms with Crippen molar-refractivity contribution in [2.45, 2.75) is 12.3 Å². The van der Waals surface area contributed by atoms with Gasteiger partial charge in [0.2, 0.25) is 0 Å². The molecule has 2 aromatic carbocycles. The molecule has 3 heterocycles. The van der Waals surface area contributed by atoms with Gasteiger partial charge in [-0.05, 0) is 47.7 Å². The van der Waals surface area contributed by atoms with E-state index >= 15 is 0 Å². The third-order valence-corrected chi connectivity index (χ3v) is 5.44. The van der Waals surface area contributed by atoms with Crippen molar-refractivity contribution in [1.82, 2.24) is 5.32 Å². The molecule has 0 unspecified atom stereocenters. The van der Waals surface area contributed by atoms with Crippen LogP contribution in [0.1, 0.15) is 17.0 Å². The molecule has 0 spiro atoms. The summed E-state index contributed by atoms with van der Waals surface area (Å²) in [6.45, 7) is 4.75. The van der Waals surface area contributed by atoms with Gasteiger partial charge in [-0.2, -0.15) is 0 Å². The molecule has 0 radical (unpaired) electrons. The lowest BCUT2D eigenvalue weighted by atomic mass is 9.83. The van der Waals surface area contributed by atoms with Crippen molar-refractivity contribution in [1.29, 1.82) is 0 Å². The minimum Gasteiger partial charge on any atom is -0.370 e. The summed E-state index contributed by atoms with van der Waals surface area (Å²) in [4.78, 5) is 2.62. The first-order chi connectivity index (χ1) is 10.9. The van der Waals surface area contributed by atoms with Crippen LogP contribution in [0.3, 0.4) is 0 Å². The van der Waals surface area contributed by atoms with Crippen LogP contribution in [0.5, 0.6) is 0 Å². The summed E-state index contributed by atoms with van der Waals surface area (Å²) in [6.07, 6.45) is 1.19. The Morgan fingerprint density at radius 1 is 1.05 bits per heavy atom. The van der Waals surface area contributed by atoms with E-state index in [2.05, 4.69) is 58.0 Å². The van der Waals surface area contributed by atoms with Crippen molar-refractivity contribution in [3.63, 3.8) is 0 Å². The van der Waals surface area contributed by atoms with E-state index in [9.17, 15) is 0 Å². The third kappa shape index (κ3) is 1.85. The molecule has 3 aliphatic rings. The smallest absolute Gasteiger partial charge is 0.0437 e. The van der Waals surface area contributed by atoms with E-state index in [4.69, 9.17) is 0 Å². The normalized spacial score (nSPS) is 25.0. The average molecular weight is 291 g/mol. The first kappa shape index (κ1) is 12.5. The molecule has 3 aliphatic heterocycles. The minimum absolute atomic E-state index is 0.695. The van der Waals surface area contributed by atoms with Crippen LogP contribution in [0.15, 0.2) is 42.5 Å². The summed E-state index contributed by atoms with van der Waals surface area (Å²) in [5.74, 6) is 1.48. The first-order valence-electron chi connectivity index (χ1n) is 8.33. The van der Waals surface area contributed by atoms with E-state index in [0.29, 0.717) is 5.92 Å². The third-order valence-electron chi connectivity index (χ3n) is 5.44. The fourth-order valence-corrected chi connectivity index (χ4v) is 4.46. The second-order valence-corrected chi connectivity index (χ2v) is 6.79. The Hall–Kier alpha value is -2.00. The number of hydrogen-bond donors (Lipinski definition) is 2. The van der Waals surface area contributed by atoms with E-state index in [1.807, 2.05) is 0 Å². The fourth-order valence-electron chi connectivity index (χ4n) is 4.46. The van der Waals surface area contributed by atoms with Gasteiger partial charge in [0.15, 0.2) is 0 Å². The van der Waals surface area contributed by atoms with Gasteiger partial charge >= 0.3 is 0 Å². The Morgan fingerprint density at radius 3 is 2.86 bits per heavy atom. The highest BCUT2D eigenvalue weighted by molar-refractivity contribution is 5.74. The van der Waals surface area contributed by atoms with Crippen molar-refractivity contribution >= 4 is 17.1 Å². The Kier molecular flexibility index (Phi) is 2.71. The molecule has 5 rings (SSSR count). The van der Waals surface area contributed by atoms with Crippen LogP contribution >= 0.6 is 0 Å². The highest BCUT2D eigenvalue weighted by atomic mass is 15.2. The molecule has 1 saturated heterocycles. The Morgan fingerprint density at radius 2 is 1.95 bits per heavy atom. The van der Waals surface area contributed by atoms with E-state index in [0.717, 1.165) is 12.5 Å². The molecule has 0 aliphatic carbocycles. The highest BCUT2D eigenvalue weighted by Crippen LogP contribution is 2.46. The lowest BCUT2D eigenvalue weighted by molar-refractivity contribution is 0.491. The molecule has 2 atom stereocenters. The highest BCUT2D eigenvalue weighted by Gasteiger charge is 2.39. The Labute approximate surface area is 131 Å². The average Bonchev–Trinajstić information content (AvgIpc) is 3.17. The molecule has 2 aromatic rings. The number of hydrogen-bond acceptors (Lipinski definition) is 3. The molecule has 0 aromatic heterocycles. The summed E-state index contributed by atoms with van der Waals surface area (Å²) in [7, 11) is 0. The van der Waals surface area contributed by atoms with E-state index in [1.165, 1.54) is 43.0 Å².